The van der Waals surface area contributed by atoms with E-state index in [4.69, 9.17) is 14.0 Å². The molecule has 0 aliphatic heterocycles. The normalized spacial score (nSPS) is 10.5. The molecule has 0 atom stereocenters. The van der Waals surface area contributed by atoms with Crippen molar-refractivity contribution in [3.63, 3.8) is 0 Å². The van der Waals surface area contributed by atoms with Crippen molar-refractivity contribution in [2.75, 3.05) is 14.2 Å². The van der Waals surface area contributed by atoms with E-state index in [1.807, 2.05) is 6.07 Å². The Kier molecular flexibility index (Phi) is 3.65. The second kappa shape index (κ2) is 5.77. The molecule has 1 N–H and O–H groups in total. The predicted molar refractivity (Wildman–Crippen MR) is 79.9 cm³/mol. The molecule has 0 aliphatic rings. The fraction of sp³-hybridized carbons (Fsp3) is 0.125. The molecule has 6 nitrogen and oxygen atoms in total. The summed E-state index contributed by atoms with van der Waals surface area (Å²) in [6.07, 6.45) is 0. The summed E-state index contributed by atoms with van der Waals surface area (Å²) in [6, 6.07) is 11.9. The average Bonchev–Trinajstić information content (AvgIpc) is 3.05. The molecule has 0 amide bonds. The second-order valence-electron chi connectivity index (χ2n) is 4.54. The zero-order valence-corrected chi connectivity index (χ0v) is 12.1. The minimum atomic E-state index is 0.184. The van der Waals surface area contributed by atoms with Crippen LogP contribution in [0.1, 0.15) is 0 Å². The van der Waals surface area contributed by atoms with Crippen LogP contribution >= 0.6 is 0 Å². The zero-order chi connectivity index (χ0) is 15.5. The number of nitrogens with zero attached hydrogens (tertiary/aromatic N) is 2. The van der Waals surface area contributed by atoms with E-state index >= 15 is 0 Å². The van der Waals surface area contributed by atoms with E-state index in [1.165, 1.54) is 0 Å². The maximum atomic E-state index is 9.30. The fourth-order valence-corrected chi connectivity index (χ4v) is 2.04. The molecule has 0 aliphatic carbocycles. The van der Waals surface area contributed by atoms with Gasteiger partial charge in [0.1, 0.15) is 5.75 Å². The number of phenols is 1. The van der Waals surface area contributed by atoms with Crippen LogP contribution in [-0.2, 0) is 0 Å². The Morgan fingerprint density at radius 2 is 1.59 bits per heavy atom. The van der Waals surface area contributed by atoms with Gasteiger partial charge < -0.3 is 19.1 Å². The van der Waals surface area contributed by atoms with Crippen molar-refractivity contribution >= 4 is 0 Å². The molecule has 0 unspecified atom stereocenters. The van der Waals surface area contributed by atoms with Crippen molar-refractivity contribution in [1.82, 2.24) is 10.1 Å². The van der Waals surface area contributed by atoms with Gasteiger partial charge in [-0.3, -0.25) is 0 Å². The molecule has 3 rings (SSSR count). The van der Waals surface area contributed by atoms with Crippen LogP contribution in [0.5, 0.6) is 17.2 Å². The average molecular weight is 298 g/mol. The van der Waals surface area contributed by atoms with Gasteiger partial charge in [-0.25, -0.2) is 0 Å². The van der Waals surface area contributed by atoms with Crippen LogP contribution in [0.3, 0.4) is 0 Å². The minimum absolute atomic E-state index is 0.184. The van der Waals surface area contributed by atoms with Crippen molar-refractivity contribution in [1.29, 1.82) is 0 Å². The number of methoxy groups -OCH3 is 2. The van der Waals surface area contributed by atoms with E-state index in [0.29, 0.717) is 23.2 Å². The highest BCUT2D eigenvalue weighted by Gasteiger charge is 2.13. The number of hydrogen-bond acceptors (Lipinski definition) is 6. The third-order valence-electron chi connectivity index (χ3n) is 3.18. The van der Waals surface area contributed by atoms with Crippen LogP contribution in [0.25, 0.3) is 22.8 Å². The second-order valence-corrected chi connectivity index (χ2v) is 4.54. The summed E-state index contributed by atoms with van der Waals surface area (Å²) in [5.41, 5.74) is 1.49. The lowest BCUT2D eigenvalue weighted by atomic mass is 10.2. The maximum absolute atomic E-state index is 9.30. The summed E-state index contributed by atoms with van der Waals surface area (Å²) in [4.78, 5) is 4.36. The van der Waals surface area contributed by atoms with Gasteiger partial charge in [0.05, 0.1) is 14.2 Å². The fourth-order valence-electron chi connectivity index (χ4n) is 2.04. The van der Waals surface area contributed by atoms with Crippen LogP contribution in [-0.4, -0.2) is 29.5 Å². The van der Waals surface area contributed by atoms with Gasteiger partial charge in [0.25, 0.3) is 5.89 Å². The molecule has 112 valence electrons. The van der Waals surface area contributed by atoms with Crippen molar-refractivity contribution < 1.29 is 19.1 Å². The SMILES string of the molecule is COc1ccc(-c2noc(-c3ccc(O)cc3)n2)cc1OC. The van der Waals surface area contributed by atoms with E-state index < -0.39 is 0 Å². The Morgan fingerprint density at radius 1 is 0.909 bits per heavy atom. The largest absolute Gasteiger partial charge is 0.508 e. The highest BCUT2D eigenvalue weighted by Crippen LogP contribution is 2.32. The highest BCUT2D eigenvalue weighted by atomic mass is 16.5. The Balaban J connectivity index is 1.95. The third kappa shape index (κ3) is 2.58. The summed E-state index contributed by atoms with van der Waals surface area (Å²) in [5, 5.41) is 13.3. The Labute approximate surface area is 126 Å². The summed E-state index contributed by atoms with van der Waals surface area (Å²) in [7, 11) is 3.15. The van der Waals surface area contributed by atoms with Gasteiger partial charge >= 0.3 is 0 Å². The summed E-state index contributed by atoms with van der Waals surface area (Å²) in [5.74, 6) is 2.24. The molecule has 2 aromatic carbocycles. The van der Waals surface area contributed by atoms with Crippen molar-refractivity contribution in [3.8, 4) is 40.1 Å². The summed E-state index contributed by atoms with van der Waals surface area (Å²) >= 11 is 0. The standard InChI is InChI=1S/C16H14N2O4/c1-20-13-8-5-11(9-14(13)21-2)15-17-16(22-18-15)10-3-6-12(19)7-4-10/h3-9,19H,1-2H3. The van der Waals surface area contributed by atoms with Crippen molar-refractivity contribution in [2.45, 2.75) is 0 Å². The lowest BCUT2D eigenvalue weighted by molar-refractivity contribution is 0.355. The van der Waals surface area contributed by atoms with Gasteiger partial charge in [-0.1, -0.05) is 5.16 Å². The number of aromatic hydroxyl groups is 1. The van der Waals surface area contributed by atoms with Gasteiger partial charge in [0.15, 0.2) is 11.5 Å². The highest BCUT2D eigenvalue weighted by molar-refractivity contribution is 5.63. The molecule has 0 saturated heterocycles. The van der Waals surface area contributed by atoms with Crippen LogP contribution in [0.15, 0.2) is 47.0 Å². The number of hydrogen-bond donors (Lipinski definition) is 1. The molecule has 3 aromatic rings. The number of rotatable bonds is 4. The van der Waals surface area contributed by atoms with Gasteiger partial charge in [0.2, 0.25) is 5.82 Å². The van der Waals surface area contributed by atoms with Gasteiger partial charge in [0, 0.05) is 11.1 Å². The van der Waals surface area contributed by atoms with Gasteiger partial charge in [-0.2, -0.15) is 4.98 Å². The Hall–Kier alpha value is -3.02. The van der Waals surface area contributed by atoms with Crippen LogP contribution in [0.4, 0.5) is 0 Å². The Bertz CT molecular complexity index is 781. The molecule has 0 bridgehead atoms. The first-order chi connectivity index (χ1) is 10.7. The molecular weight excluding hydrogens is 284 g/mol. The van der Waals surface area contributed by atoms with Gasteiger partial charge in [-0.15, -0.1) is 0 Å². The van der Waals surface area contributed by atoms with E-state index in [0.717, 1.165) is 11.1 Å². The van der Waals surface area contributed by atoms with E-state index in [-0.39, 0.29) is 5.75 Å². The van der Waals surface area contributed by atoms with Crippen LogP contribution < -0.4 is 9.47 Å². The molecule has 0 radical (unpaired) electrons. The number of aromatic nitrogens is 2. The van der Waals surface area contributed by atoms with Crippen molar-refractivity contribution in [3.05, 3.63) is 42.5 Å². The van der Waals surface area contributed by atoms with E-state index in [2.05, 4.69) is 10.1 Å². The molecule has 1 aromatic heterocycles. The lowest BCUT2D eigenvalue weighted by Gasteiger charge is -2.07. The predicted octanol–water partition coefficient (Wildman–Crippen LogP) is 3.13. The molecule has 0 fully saturated rings. The first kappa shape index (κ1) is 13.9. The van der Waals surface area contributed by atoms with E-state index in [1.54, 1.807) is 50.6 Å². The molecular formula is C16H14N2O4. The third-order valence-corrected chi connectivity index (χ3v) is 3.18. The summed E-state index contributed by atoms with van der Waals surface area (Å²) < 4.78 is 15.7. The summed E-state index contributed by atoms with van der Waals surface area (Å²) in [6.45, 7) is 0. The molecule has 6 heteroatoms. The van der Waals surface area contributed by atoms with Crippen molar-refractivity contribution in [2.24, 2.45) is 0 Å². The quantitative estimate of drug-likeness (QED) is 0.797. The first-order valence-electron chi connectivity index (χ1n) is 6.57. The molecule has 22 heavy (non-hydrogen) atoms. The first-order valence-corrected chi connectivity index (χ1v) is 6.57. The molecule has 1 heterocycles. The number of ether oxygens (including phenoxy) is 2. The molecule has 0 spiro atoms. The lowest BCUT2D eigenvalue weighted by Crippen LogP contribution is -1.91. The molecule has 0 saturated carbocycles. The van der Waals surface area contributed by atoms with Gasteiger partial charge in [-0.05, 0) is 42.5 Å². The number of benzene rings is 2. The monoisotopic (exact) mass is 298 g/mol. The smallest absolute Gasteiger partial charge is 0.258 e. The maximum Gasteiger partial charge on any atom is 0.258 e. The topological polar surface area (TPSA) is 77.6 Å². The van der Waals surface area contributed by atoms with E-state index in [9.17, 15) is 5.11 Å². The number of phenolic OH excluding ortho intramolecular Hbond substituents is 1. The van der Waals surface area contributed by atoms with Crippen LogP contribution in [0, 0.1) is 0 Å². The van der Waals surface area contributed by atoms with Crippen LogP contribution in [0.2, 0.25) is 0 Å². The minimum Gasteiger partial charge on any atom is -0.508 e. The Morgan fingerprint density at radius 3 is 2.27 bits per heavy atom. The zero-order valence-electron chi connectivity index (χ0n) is 12.1.